The molecule has 18 heavy (non-hydrogen) atoms. The molecule has 108 valence electrons. The first-order chi connectivity index (χ1) is 8.81. The Morgan fingerprint density at radius 3 is 2.28 bits per heavy atom. The van der Waals surface area contributed by atoms with Crippen LogP contribution >= 0.6 is 0 Å². The van der Waals surface area contributed by atoms with Crippen LogP contribution in [0.1, 0.15) is 19.8 Å². The highest BCUT2D eigenvalue weighted by Gasteiger charge is 1.99. The van der Waals surface area contributed by atoms with E-state index in [2.05, 4.69) is 12.2 Å². The topological polar surface area (TPSA) is 82.8 Å². The van der Waals surface area contributed by atoms with Gasteiger partial charge in [-0.15, -0.1) is 0 Å². The summed E-state index contributed by atoms with van der Waals surface area (Å²) in [5, 5.41) is 2.77. The van der Waals surface area contributed by atoms with Crippen molar-refractivity contribution in [1.82, 2.24) is 5.32 Å². The maximum absolute atomic E-state index is 11.2. The van der Waals surface area contributed by atoms with Gasteiger partial charge in [-0.3, -0.25) is 4.79 Å². The molecule has 0 atom stereocenters. The highest BCUT2D eigenvalue weighted by atomic mass is 16.5. The van der Waals surface area contributed by atoms with Gasteiger partial charge in [-0.1, -0.05) is 13.3 Å². The number of carbonyl (C=O) groups excluding carboxylic acids is 1. The molecular weight excluding hydrogens is 236 g/mol. The zero-order chi connectivity index (χ0) is 13.5. The quantitative estimate of drug-likeness (QED) is 0.453. The van der Waals surface area contributed by atoms with Gasteiger partial charge in [-0.25, -0.2) is 0 Å². The average Bonchev–Trinajstić information content (AvgIpc) is 2.37. The fourth-order valence-corrected chi connectivity index (χ4v) is 1.14. The van der Waals surface area contributed by atoms with Gasteiger partial charge in [-0.05, 0) is 6.42 Å². The normalized spacial score (nSPS) is 10.6. The van der Waals surface area contributed by atoms with Gasteiger partial charge >= 0.3 is 0 Å². The molecule has 0 fully saturated rings. The van der Waals surface area contributed by atoms with Gasteiger partial charge in [0.2, 0.25) is 5.91 Å². The lowest BCUT2D eigenvalue weighted by Gasteiger charge is -2.07. The second-order valence-electron chi connectivity index (χ2n) is 3.77. The minimum absolute atomic E-state index is 0.0743. The molecule has 6 heteroatoms. The number of nitrogens with two attached hydrogens (primary N) is 1. The second kappa shape index (κ2) is 14.4. The number of rotatable bonds is 13. The second-order valence-corrected chi connectivity index (χ2v) is 3.77. The zero-order valence-electron chi connectivity index (χ0n) is 11.3. The number of nitrogens with one attached hydrogen (secondary N) is 1. The first kappa shape index (κ1) is 17.3. The summed E-state index contributed by atoms with van der Waals surface area (Å²) in [7, 11) is 0. The van der Waals surface area contributed by atoms with Gasteiger partial charge in [-0.2, -0.15) is 0 Å². The molecule has 6 nitrogen and oxygen atoms in total. The number of carbonyl (C=O) groups is 1. The van der Waals surface area contributed by atoms with Crippen LogP contribution in [0.2, 0.25) is 0 Å². The Morgan fingerprint density at radius 1 is 1.06 bits per heavy atom. The molecule has 0 aromatic heterocycles. The number of ether oxygens (including phenoxy) is 3. The standard InChI is InChI=1S/C12H26N2O4/c1-2-3-5-14-12(15)11-18-10-9-17-8-7-16-6-4-13/h2-11,13H2,1H3,(H,14,15). The van der Waals surface area contributed by atoms with E-state index >= 15 is 0 Å². The van der Waals surface area contributed by atoms with Gasteiger partial charge in [0.25, 0.3) is 0 Å². The molecule has 1 amide bonds. The Balaban J connectivity index is 3.08. The van der Waals surface area contributed by atoms with Crippen molar-refractivity contribution >= 4 is 5.91 Å². The van der Waals surface area contributed by atoms with Gasteiger partial charge in [0.15, 0.2) is 0 Å². The van der Waals surface area contributed by atoms with Crippen molar-refractivity contribution in [2.24, 2.45) is 5.73 Å². The minimum Gasteiger partial charge on any atom is -0.378 e. The van der Waals surface area contributed by atoms with Crippen LogP contribution in [0, 0.1) is 0 Å². The van der Waals surface area contributed by atoms with Crippen molar-refractivity contribution in [3.8, 4) is 0 Å². The van der Waals surface area contributed by atoms with Gasteiger partial charge < -0.3 is 25.3 Å². The van der Waals surface area contributed by atoms with Crippen LogP contribution in [-0.2, 0) is 19.0 Å². The van der Waals surface area contributed by atoms with Gasteiger partial charge in [0, 0.05) is 13.1 Å². The molecule has 0 aromatic carbocycles. The zero-order valence-corrected chi connectivity index (χ0v) is 11.3. The van der Waals surface area contributed by atoms with E-state index in [1.54, 1.807) is 0 Å². The summed E-state index contributed by atoms with van der Waals surface area (Å²) in [5.74, 6) is -0.0743. The molecule has 0 saturated heterocycles. The maximum atomic E-state index is 11.2. The fraction of sp³-hybridized carbons (Fsp3) is 0.917. The first-order valence-electron chi connectivity index (χ1n) is 6.51. The van der Waals surface area contributed by atoms with Crippen LogP contribution in [0.15, 0.2) is 0 Å². The van der Waals surface area contributed by atoms with E-state index in [0.29, 0.717) is 46.1 Å². The molecule has 0 aliphatic heterocycles. The summed E-state index contributed by atoms with van der Waals surface area (Å²) in [4.78, 5) is 11.2. The lowest BCUT2D eigenvalue weighted by Crippen LogP contribution is -2.29. The van der Waals surface area contributed by atoms with Crippen LogP contribution in [0.4, 0.5) is 0 Å². The first-order valence-corrected chi connectivity index (χ1v) is 6.51. The van der Waals surface area contributed by atoms with Crippen molar-refractivity contribution in [3.63, 3.8) is 0 Å². The fourth-order valence-electron chi connectivity index (χ4n) is 1.14. The Hall–Kier alpha value is -0.690. The largest absolute Gasteiger partial charge is 0.378 e. The summed E-state index contributed by atoms with van der Waals surface area (Å²) in [6.45, 7) is 5.91. The summed E-state index contributed by atoms with van der Waals surface area (Å²) < 4.78 is 15.5. The number of unbranched alkanes of at least 4 members (excludes halogenated alkanes) is 1. The van der Waals surface area contributed by atoms with Gasteiger partial charge in [0.1, 0.15) is 6.61 Å². The highest BCUT2D eigenvalue weighted by Crippen LogP contribution is 1.84. The summed E-state index contributed by atoms with van der Waals surface area (Å²) >= 11 is 0. The lowest BCUT2D eigenvalue weighted by atomic mass is 10.3. The number of hydrogen-bond acceptors (Lipinski definition) is 5. The van der Waals surface area contributed by atoms with Crippen molar-refractivity contribution < 1.29 is 19.0 Å². The third kappa shape index (κ3) is 13.4. The van der Waals surface area contributed by atoms with E-state index in [4.69, 9.17) is 19.9 Å². The molecule has 0 unspecified atom stereocenters. The number of amides is 1. The summed E-state index contributed by atoms with van der Waals surface area (Å²) in [6, 6.07) is 0. The molecule has 0 bridgehead atoms. The van der Waals surface area contributed by atoms with Crippen LogP contribution in [-0.4, -0.2) is 58.6 Å². The molecule has 0 rings (SSSR count). The monoisotopic (exact) mass is 262 g/mol. The smallest absolute Gasteiger partial charge is 0.245 e. The summed E-state index contributed by atoms with van der Waals surface area (Å²) in [5.41, 5.74) is 5.26. The Morgan fingerprint density at radius 2 is 1.67 bits per heavy atom. The molecule has 3 N–H and O–H groups in total. The van der Waals surface area contributed by atoms with Crippen molar-refractivity contribution in [2.75, 3.05) is 52.7 Å². The predicted molar refractivity (Wildman–Crippen MR) is 69.4 cm³/mol. The van der Waals surface area contributed by atoms with Crippen molar-refractivity contribution in [1.29, 1.82) is 0 Å². The van der Waals surface area contributed by atoms with E-state index in [1.165, 1.54) is 0 Å². The third-order valence-corrected chi connectivity index (χ3v) is 2.09. The Kier molecular flexibility index (Phi) is 13.8. The van der Waals surface area contributed by atoms with Gasteiger partial charge in [0.05, 0.1) is 33.0 Å². The SMILES string of the molecule is CCCCNC(=O)COCCOCCOCCN. The van der Waals surface area contributed by atoms with Crippen LogP contribution in [0.3, 0.4) is 0 Å². The number of hydrogen-bond donors (Lipinski definition) is 2. The lowest BCUT2D eigenvalue weighted by molar-refractivity contribution is -0.126. The molecule has 0 aliphatic carbocycles. The molecule has 0 heterocycles. The maximum Gasteiger partial charge on any atom is 0.245 e. The minimum atomic E-state index is -0.0743. The molecule has 0 spiro atoms. The molecule has 0 radical (unpaired) electrons. The molecular formula is C12H26N2O4. The average molecular weight is 262 g/mol. The van der Waals surface area contributed by atoms with E-state index in [1.807, 2.05) is 0 Å². The van der Waals surface area contributed by atoms with Crippen LogP contribution in [0.5, 0.6) is 0 Å². The van der Waals surface area contributed by atoms with E-state index in [-0.39, 0.29) is 12.5 Å². The van der Waals surface area contributed by atoms with E-state index in [0.717, 1.165) is 12.8 Å². The van der Waals surface area contributed by atoms with Crippen LogP contribution in [0.25, 0.3) is 0 Å². The molecule has 0 saturated carbocycles. The van der Waals surface area contributed by atoms with Crippen molar-refractivity contribution in [2.45, 2.75) is 19.8 Å². The van der Waals surface area contributed by atoms with Crippen molar-refractivity contribution in [3.05, 3.63) is 0 Å². The predicted octanol–water partition coefficient (Wildman–Crippen LogP) is -0.0888. The Bertz CT molecular complexity index is 191. The Labute approximate surface area is 109 Å². The molecule has 0 aliphatic rings. The van der Waals surface area contributed by atoms with E-state index < -0.39 is 0 Å². The van der Waals surface area contributed by atoms with E-state index in [9.17, 15) is 4.79 Å². The molecule has 0 aromatic rings. The third-order valence-electron chi connectivity index (χ3n) is 2.09. The summed E-state index contributed by atoms with van der Waals surface area (Å²) in [6.07, 6.45) is 2.07. The highest BCUT2D eigenvalue weighted by molar-refractivity contribution is 5.77. The van der Waals surface area contributed by atoms with Crippen LogP contribution < -0.4 is 11.1 Å².